The van der Waals surface area contributed by atoms with Crippen molar-refractivity contribution < 1.29 is 22.4 Å². The lowest BCUT2D eigenvalue weighted by molar-refractivity contribution is -0.184. The maximum atomic E-state index is 12.9. The first-order valence-electron chi connectivity index (χ1n) is 7.22. The molecule has 3 nitrogen and oxygen atoms in total. The molecule has 22 heavy (non-hydrogen) atoms. The molecule has 0 bridgehead atoms. The third kappa shape index (κ3) is 2.58. The Morgan fingerprint density at radius 1 is 1.32 bits per heavy atom. The molecule has 118 valence electrons. The van der Waals surface area contributed by atoms with Crippen LogP contribution in [-0.4, -0.2) is 30.1 Å². The van der Waals surface area contributed by atoms with Crippen molar-refractivity contribution in [1.29, 1.82) is 0 Å². The van der Waals surface area contributed by atoms with E-state index in [1.165, 1.54) is 4.90 Å². The summed E-state index contributed by atoms with van der Waals surface area (Å²) in [5.74, 6) is -1.76. The van der Waals surface area contributed by atoms with Crippen LogP contribution < -0.4 is 0 Å². The SMILES string of the molecule is Cc1c(C(=O)N2CCC[C@@H](C(F)(F)F)C2)oc2ccccc12. The maximum Gasteiger partial charge on any atom is 0.393 e. The lowest BCUT2D eigenvalue weighted by atomic mass is 9.97. The molecule has 1 amide bonds. The van der Waals surface area contributed by atoms with Gasteiger partial charge in [-0.3, -0.25) is 4.79 Å². The molecule has 0 N–H and O–H groups in total. The fourth-order valence-corrected chi connectivity index (χ4v) is 2.95. The van der Waals surface area contributed by atoms with E-state index in [4.69, 9.17) is 4.42 Å². The van der Waals surface area contributed by atoms with Gasteiger partial charge in [-0.15, -0.1) is 0 Å². The highest BCUT2D eigenvalue weighted by atomic mass is 19.4. The minimum absolute atomic E-state index is 0.0758. The standard InChI is InChI=1S/C16H16F3NO2/c1-10-12-6-2-3-7-13(12)22-14(10)15(21)20-8-4-5-11(9-20)16(17,18)19/h2-3,6-7,11H,4-5,8-9H2,1H3/t11-/m1/s1. The molecular weight excluding hydrogens is 295 g/mol. The smallest absolute Gasteiger partial charge is 0.393 e. The van der Waals surface area contributed by atoms with Crippen molar-refractivity contribution in [2.24, 2.45) is 5.92 Å². The number of halogens is 3. The molecule has 0 aliphatic carbocycles. The van der Waals surface area contributed by atoms with E-state index >= 15 is 0 Å². The van der Waals surface area contributed by atoms with Gasteiger partial charge in [-0.05, 0) is 25.8 Å². The second-order valence-corrected chi connectivity index (χ2v) is 5.68. The number of hydrogen-bond donors (Lipinski definition) is 0. The third-order valence-corrected chi connectivity index (χ3v) is 4.21. The molecule has 1 saturated heterocycles. The summed E-state index contributed by atoms with van der Waals surface area (Å²) in [5, 5.41) is 0.815. The summed E-state index contributed by atoms with van der Waals surface area (Å²) in [5.41, 5.74) is 1.25. The lowest BCUT2D eigenvalue weighted by Crippen LogP contribution is -2.44. The van der Waals surface area contributed by atoms with Crippen molar-refractivity contribution in [2.45, 2.75) is 25.9 Å². The molecule has 3 rings (SSSR count). The highest BCUT2D eigenvalue weighted by Crippen LogP contribution is 2.34. The zero-order chi connectivity index (χ0) is 15.9. The van der Waals surface area contributed by atoms with Crippen LogP contribution in [0.5, 0.6) is 0 Å². The van der Waals surface area contributed by atoms with Crippen molar-refractivity contribution >= 4 is 16.9 Å². The Hall–Kier alpha value is -1.98. The first-order chi connectivity index (χ1) is 10.4. The van der Waals surface area contributed by atoms with Crippen LogP contribution in [0, 0.1) is 12.8 Å². The van der Waals surface area contributed by atoms with E-state index in [0.29, 0.717) is 24.1 Å². The van der Waals surface area contributed by atoms with Crippen molar-refractivity contribution in [3.05, 3.63) is 35.6 Å². The van der Waals surface area contributed by atoms with Crippen LogP contribution in [0.3, 0.4) is 0 Å². The molecule has 0 radical (unpaired) electrons. The van der Waals surface area contributed by atoms with Crippen molar-refractivity contribution in [3.8, 4) is 0 Å². The van der Waals surface area contributed by atoms with E-state index in [2.05, 4.69) is 0 Å². The van der Waals surface area contributed by atoms with Gasteiger partial charge in [-0.1, -0.05) is 18.2 Å². The number of amides is 1. The van der Waals surface area contributed by atoms with Gasteiger partial charge < -0.3 is 9.32 Å². The molecule has 0 unspecified atom stereocenters. The molecule has 1 fully saturated rings. The number of likely N-dealkylation sites (tertiary alicyclic amines) is 1. The second-order valence-electron chi connectivity index (χ2n) is 5.68. The number of aryl methyl sites for hydroxylation is 1. The fraction of sp³-hybridized carbons (Fsp3) is 0.438. The van der Waals surface area contributed by atoms with Gasteiger partial charge in [0.15, 0.2) is 5.76 Å². The van der Waals surface area contributed by atoms with Crippen LogP contribution in [0.1, 0.15) is 29.0 Å². The van der Waals surface area contributed by atoms with Gasteiger partial charge in [0.25, 0.3) is 5.91 Å². The lowest BCUT2D eigenvalue weighted by Gasteiger charge is -2.33. The Labute approximate surface area is 125 Å². The molecule has 6 heteroatoms. The zero-order valence-corrected chi connectivity index (χ0v) is 12.1. The molecule has 0 saturated carbocycles. The van der Waals surface area contributed by atoms with Gasteiger partial charge in [0.1, 0.15) is 5.58 Å². The molecule has 1 atom stereocenters. The minimum Gasteiger partial charge on any atom is -0.451 e. The molecule has 1 aromatic heterocycles. The normalized spacial score (nSPS) is 19.6. The van der Waals surface area contributed by atoms with E-state index in [-0.39, 0.29) is 18.7 Å². The second kappa shape index (κ2) is 5.34. The van der Waals surface area contributed by atoms with Gasteiger partial charge in [0, 0.05) is 24.0 Å². The highest BCUT2D eigenvalue weighted by Gasteiger charge is 2.43. The Bertz CT molecular complexity index is 705. The van der Waals surface area contributed by atoms with Crippen LogP contribution in [0.2, 0.25) is 0 Å². The topological polar surface area (TPSA) is 33.5 Å². The average Bonchev–Trinajstić information content (AvgIpc) is 2.83. The van der Waals surface area contributed by atoms with E-state index in [1.807, 2.05) is 12.1 Å². The van der Waals surface area contributed by atoms with Gasteiger partial charge in [-0.25, -0.2) is 0 Å². The summed E-state index contributed by atoms with van der Waals surface area (Å²) < 4.78 is 44.2. The third-order valence-electron chi connectivity index (χ3n) is 4.21. The van der Waals surface area contributed by atoms with Gasteiger partial charge in [0.2, 0.25) is 0 Å². The number of hydrogen-bond acceptors (Lipinski definition) is 2. The number of nitrogens with zero attached hydrogens (tertiary/aromatic N) is 1. The summed E-state index contributed by atoms with van der Waals surface area (Å²) >= 11 is 0. The van der Waals surface area contributed by atoms with Crippen LogP contribution in [0.25, 0.3) is 11.0 Å². The summed E-state index contributed by atoms with van der Waals surface area (Å²) in [6.45, 7) is 1.80. The number of piperidine rings is 1. The number of fused-ring (bicyclic) bond motifs is 1. The fourth-order valence-electron chi connectivity index (χ4n) is 2.95. The Kier molecular flexibility index (Phi) is 3.62. The van der Waals surface area contributed by atoms with Gasteiger partial charge in [-0.2, -0.15) is 13.2 Å². The predicted octanol–water partition coefficient (Wildman–Crippen LogP) is 4.16. The maximum absolute atomic E-state index is 12.9. The number of furan rings is 1. The zero-order valence-electron chi connectivity index (χ0n) is 12.1. The average molecular weight is 311 g/mol. The molecule has 1 aromatic carbocycles. The number of carbonyl (C=O) groups excluding carboxylic acids is 1. The number of rotatable bonds is 1. The number of benzene rings is 1. The van der Waals surface area contributed by atoms with Gasteiger partial charge >= 0.3 is 6.18 Å². The first kappa shape index (κ1) is 14.9. The molecule has 2 aromatic rings. The molecule has 1 aliphatic rings. The van der Waals surface area contributed by atoms with E-state index < -0.39 is 18.0 Å². The molecule has 0 spiro atoms. The predicted molar refractivity (Wildman–Crippen MR) is 75.6 cm³/mol. The monoisotopic (exact) mass is 311 g/mol. The largest absolute Gasteiger partial charge is 0.451 e. The molecule has 1 aliphatic heterocycles. The van der Waals surface area contributed by atoms with Crippen molar-refractivity contribution in [1.82, 2.24) is 4.90 Å². The van der Waals surface area contributed by atoms with Crippen LogP contribution >= 0.6 is 0 Å². The minimum atomic E-state index is -4.26. The van der Waals surface area contributed by atoms with Crippen LogP contribution in [-0.2, 0) is 0 Å². The Balaban J connectivity index is 1.88. The molecular formula is C16H16F3NO2. The number of alkyl halides is 3. The summed E-state index contributed by atoms with van der Waals surface area (Å²) in [7, 11) is 0. The Morgan fingerprint density at radius 3 is 2.73 bits per heavy atom. The first-order valence-corrected chi connectivity index (χ1v) is 7.22. The van der Waals surface area contributed by atoms with E-state index in [0.717, 1.165) is 5.39 Å². The van der Waals surface area contributed by atoms with Crippen molar-refractivity contribution in [3.63, 3.8) is 0 Å². The summed E-state index contributed by atoms with van der Waals surface area (Å²) in [6.07, 6.45) is -3.83. The van der Waals surface area contributed by atoms with Crippen LogP contribution in [0.4, 0.5) is 13.2 Å². The van der Waals surface area contributed by atoms with E-state index in [1.54, 1.807) is 19.1 Å². The van der Waals surface area contributed by atoms with Gasteiger partial charge in [0.05, 0.1) is 5.92 Å². The van der Waals surface area contributed by atoms with Crippen LogP contribution in [0.15, 0.2) is 28.7 Å². The summed E-state index contributed by atoms with van der Waals surface area (Å²) in [6, 6.07) is 7.20. The Morgan fingerprint density at radius 2 is 2.05 bits per heavy atom. The quantitative estimate of drug-likeness (QED) is 0.792. The van der Waals surface area contributed by atoms with E-state index in [9.17, 15) is 18.0 Å². The van der Waals surface area contributed by atoms with Crippen molar-refractivity contribution in [2.75, 3.05) is 13.1 Å². The number of carbonyl (C=O) groups is 1. The molecule has 2 heterocycles. The number of para-hydroxylation sites is 1. The summed E-state index contributed by atoms with van der Waals surface area (Å²) in [4.78, 5) is 13.8. The highest BCUT2D eigenvalue weighted by molar-refractivity contribution is 5.98.